The Bertz CT molecular complexity index is 551. The molecule has 0 fully saturated rings. The van der Waals surface area contributed by atoms with Crippen molar-refractivity contribution in [1.29, 1.82) is 0 Å². The van der Waals surface area contributed by atoms with Gasteiger partial charge in [-0.2, -0.15) is 0 Å². The number of hydrogen-bond acceptors (Lipinski definition) is 4. The topological polar surface area (TPSA) is 55.8 Å². The molecule has 0 aromatic heterocycles. The highest BCUT2D eigenvalue weighted by Crippen LogP contribution is 2.19. The van der Waals surface area contributed by atoms with E-state index in [4.69, 9.17) is 9.47 Å². The molecule has 1 amide bonds. The molecule has 2 atom stereocenters. The minimum Gasteiger partial charge on any atom is -0.463 e. The molecule has 0 spiro atoms. The molecule has 140 valence electrons. The maximum absolute atomic E-state index is 12.4. The summed E-state index contributed by atoms with van der Waals surface area (Å²) < 4.78 is 10.8. The Morgan fingerprint density at radius 2 is 1.72 bits per heavy atom. The molecule has 0 aliphatic heterocycles. The number of hydrogen-bond donors (Lipinski definition) is 0. The van der Waals surface area contributed by atoms with Gasteiger partial charge in [-0.1, -0.05) is 50.6 Å². The largest absolute Gasteiger partial charge is 0.463 e. The Balaban J connectivity index is 2.67. The van der Waals surface area contributed by atoms with Crippen LogP contribution in [0.3, 0.4) is 0 Å². The van der Waals surface area contributed by atoms with Crippen LogP contribution in [-0.2, 0) is 20.9 Å². The lowest BCUT2D eigenvalue weighted by atomic mass is 9.96. The molecule has 0 radical (unpaired) electrons. The number of benzene rings is 1. The minimum absolute atomic E-state index is 0.169. The third kappa shape index (κ3) is 6.77. The Morgan fingerprint density at radius 3 is 2.24 bits per heavy atom. The number of likely N-dealkylation sites (N-methyl/N-ethyl adjacent to an activating group) is 1. The lowest BCUT2D eigenvalue weighted by molar-refractivity contribution is -0.155. The molecule has 5 nitrogen and oxygen atoms in total. The normalized spacial score (nSPS) is 13.7. The van der Waals surface area contributed by atoms with Crippen molar-refractivity contribution in [2.45, 2.75) is 53.7 Å². The van der Waals surface area contributed by atoms with Crippen molar-refractivity contribution in [3.05, 3.63) is 35.9 Å². The Morgan fingerprint density at radius 1 is 1.12 bits per heavy atom. The van der Waals surface area contributed by atoms with E-state index < -0.39 is 11.5 Å². The highest BCUT2D eigenvalue weighted by molar-refractivity contribution is 5.75. The first-order valence-corrected chi connectivity index (χ1v) is 8.77. The predicted molar refractivity (Wildman–Crippen MR) is 98.0 cm³/mol. The second-order valence-corrected chi connectivity index (χ2v) is 7.45. The van der Waals surface area contributed by atoms with Gasteiger partial charge in [0.25, 0.3) is 0 Å². The molecule has 0 N–H and O–H groups in total. The zero-order valence-electron chi connectivity index (χ0n) is 16.2. The summed E-state index contributed by atoms with van der Waals surface area (Å²) in [5.41, 5.74) is 0.371. The van der Waals surface area contributed by atoms with E-state index in [0.29, 0.717) is 0 Å². The number of esters is 1. The SMILES string of the molecule is CC[C@H](C)[C@@H](COC(=O)C(C)(C)C)N(C)C(=O)OCc1ccccc1. The van der Waals surface area contributed by atoms with Crippen molar-refractivity contribution in [2.75, 3.05) is 13.7 Å². The first kappa shape index (κ1) is 21.0. The fourth-order valence-electron chi connectivity index (χ4n) is 2.26. The van der Waals surface area contributed by atoms with E-state index >= 15 is 0 Å². The van der Waals surface area contributed by atoms with Crippen LogP contribution in [0.1, 0.15) is 46.6 Å². The van der Waals surface area contributed by atoms with Crippen LogP contribution in [0.2, 0.25) is 0 Å². The van der Waals surface area contributed by atoms with Crippen LogP contribution in [0.4, 0.5) is 4.79 Å². The van der Waals surface area contributed by atoms with E-state index in [2.05, 4.69) is 0 Å². The summed E-state index contributed by atoms with van der Waals surface area (Å²) in [6.45, 7) is 9.91. The van der Waals surface area contributed by atoms with Crippen molar-refractivity contribution in [1.82, 2.24) is 4.90 Å². The van der Waals surface area contributed by atoms with Crippen LogP contribution >= 0.6 is 0 Å². The molecule has 1 rings (SSSR count). The summed E-state index contributed by atoms with van der Waals surface area (Å²) in [7, 11) is 1.69. The van der Waals surface area contributed by atoms with Crippen molar-refractivity contribution >= 4 is 12.1 Å². The third-order valence-corrected chi connectivity index (χ3v) is 4.29. The first-order chi connectivity index (χ1) is 11.7. The van der Waals surface area contributed by atoms with E-state index in [9.17, 15) is 9.59 Å². The van der Waals surface area contributed by atoms with Crippen LogP contribution in [-0.4, -0.2) is 36.7 Å². The average molecular weight is 349 g/mol. The van der Waals surface area contributed by atoms with Gasteiger partial charge in [0.1, 0.15) is 13.2 Å². The monoisotopic (exact) mass is 349 g/mol. The molecular formula is C20H31NO4. The highest BCUT2D eigenvalue weighted by atomic mass is 16.6. The lowest BCUT2D eigenvalue weighted by Crippen LogP contribution is -2.45. The van der Waals surface area contributed by atoms with Crippen molar-refractivity contribution in [3.63, 3.8) is 0 Å². The maximum atomic E-state index is 12.4. The molecule has 25 heavy (non-hydrogen) atoms. The average Bonchev–Trinajstić information content (AvgIpc) is 2.59. The molecule has 0 bridgehead atoms. The second kappa shape index (κ2) is 9.44. The van der Waals surface area contributed by atoms with E-state index in [1.165, 1.54) is 4.90 Å². The molecule has 0 saturated carbocycles. The van der Waals surface area contributed by atoms with E-state index in [1.807, 2.05) is 65.0 Å². The van der Waals surface area contributed by atoms with Gasteiger partial charge in [0.15, 0.2) is 0 Å². The number of ether oxygens (including phenoxy) is 2. The third-order valence-electron chi connectivity index (χ3n) is 4.29. The first-order valence-electron chi connectivity index (χ1n) is 8.77. The Hall–Kier alpha value is -2.04. The summed E-state index contributed by atoms with van der Waals surface area (Å²) in [4.78, 5) is 25.9. The van der Waals surface area contributed by atoms with Gasteiger partial charge in [0, 0.05) is 7.05 Å². The molecule has 0 aliphatic rings. The van der Waals surface area contributed by atoms with Crippen molar-refractivity contribution < 1.29 is 19.1 Å². The molecule has 1 aromatic carbocycles. The summed E-state index contributed by atoms with van der Waals surface area (Å²) in [5, 5.41) is 0. The summed E-state index contributed by atoms with van der Waals surface area (Å²) in [6.07, 6.45) is 0.453. The van der Waals surface area contributed by atoms with E-state index in [1.54, 1.807) is 7.05 Å². The fourth-order valence-corrected chi connectivity index (χ4v) is 2.26. The summed E-state index contributed by atoms with van der Waals surface area (Å²) in [5.74, 6) is -0.0890. The smallest absolute Gasteiger partial charge is 0.410 e. The predicted octanol–water partition coefficient (Wildman–Crippen LogP) is 4.26. The van der Waals surface area contributed by atoms with Gasteiger partial charge in [-0.05, 0) is 32.3 Å². The lowest BCUT2D eigenvalue weighted by Gasteiger charge is -2.32. The number of rotatable bonds is 7. The van der Waals surface area contributed by atoms with E-state index in [0.717, 1.165) is 12.0 Å². The number of carbonyl (C=O) groups is 2. The molecule has 0 unspecified atom stereocenters. The van der Waals surface area contributed by atoms with Crippen molar-refractivity contribution in [2.24, 2.45) is 11.3 Å². The van der Waals surface area contributed by atoms with Gasteiger partial charge >= 0.3 is 12.1 Å². The van der Waals surface area contributed by atoms with Crippen LogP contribution in [0, 0.1) is 11.3 Å². The van der Waals surface area contributed by atoms with Gasteiger partial charge in [-0.3, -0.25) is 4.79 Å². The van der Waals surface area contributed by atoms with Gasteiger partial charge in [0.2, 0.25) is 0 Å². The van der Waals surface area contributed by atoms with Gasteiger partial charge < -0.3 is 14.4 Å². The molecule has 0 heterocycles. The minimum atomic E-state index is -0.563. The van der Waals surface area contributed by atoms with Gasteiger partial charge in [0.05, 0.1) is 11.5 Å². The number of nitrogens with zero attached hydrogens (tertiary/aromatic N) is 1. The van der Waals surface area contributed by atoms with Crippen LogP contribution in [0.25, 0.3) is 0 Å². The Kier molecular flexibility index (Phi) is 7.94. The van der Waals surface area contributed by atoms with Crippen LogP contribution in [0.5, 0.6) is 0 Å². The van der Waals surface area contributed by atoms with Crippen LogP contribution in [0.15, 0.2) is 30.3 Å². The van der Waals surface area contributed by atoms with E-state index in [-0.39, 0.29) is 31.1 Å². The second-order valence-electron chi connectivity index (χ2n) is 7.45. The zero-order chi connectivity index (χ0) is 19.0. The molecule has 5 heteroatoms. The molecule has 0 aliphatic carbocycles. The maximum Gasteiger partial charge on any atom is 0.410 e. The van der Waals surface area contributed by atoms with Gasteiger partial charge in [-0.25, -0.2) is 4.79 Å². The molecule has 1 aromatic rings. The molecular weight excluding hydrogens is 318 g/mol. The zero-order valence-corrected chi connectivity index (χ0v) is 16.2. The standard InChI is InChI=1S/C20H31NO4/c1-7-15(2)17(14-24-18(22)20(3,4)5)21(6)19(23)25-13-16-11-9-8-10-12-16/h8-12,15,17H,7,13-14H2,1-6H3/t15-,17+/m0/s1. The number of carbonyl (C=O) groups excluding carboxylic acids is 2. The van der Waals surface area contributed by atoms with Gasteiger partial charge in [-0.15, -0.1) is 0 Å². The summed E-state index contributed by atoms with van der Waals surface area (Å²) >= 11 is 0. The summed E-state index contributed by atoms with van der Waals surface area (Å²) in [6, 6.07) is 9.32. The van der Waals surface area contributed by atoms with Crippen LogP contribution < -0.4 is 0 Å². The Labute approximate surface area is 151 Å². The quantitative estimate of drug-likeness (QED) is 0.690. The fraction of sp³-hybridized carbons (Fsp3) is 0.600. The molecule has 0 saturated heterocycles. The highest BCUT2D eigenvalue weighted by Gasteiger charge is 2.29. The number of amides is 1. The van der Waals surface area contributed by atoms with Crippen molar-refractivity contribution in [3.8, 4) is 0 Å².